The lowest BCUT2D eigenvalue weighted by atomic mass is 9.87. The second-order valence-corrected chi connectivity index (χ2v) is 6.65. The normalized spacial score (nSPS) is 19.8. The smallest absolute Gasteiger partial charge is 0.337 e. The summed E-state index contributed by atoms with van der Waals surface area (Å²) in [6, 6.07) is 3.17. The highest BCUT2D eigenvalue weighted by Crippen LogP contribution is 2.41. The van der Waals surface area contributed by atoms with Crippen LogP contribution in [0.1, 0.15) is 48.0 Å². The predicted octanol–water partition coefficient (Wildman–Crippen LogP) is 2.46. The maximum absolute atomic E-state index is 11.8. The van der Waals surface area contributed by atoms with Crippen molar-refractivity contribution in [2.24, 2.45) is 21.5 Å². The number of carboxylic acid groups (broad SMARTS) is 1. The summed E-state index contributed by atoms with van der Waals surface area (Å²) in [4.78, 5) is 22.1. The van der Waals surface area contributed by atoms with Crippen molar-refractivity contribution >= 4 is 35.2 Å². The topological polar surface area (TPSA) is 117 Å². The van der Waals surface area contributed by atoms with E-state index in [1.54, 1.807) is 24.0 Å². The lowest BCUT2D eigenvalue weighted by Crippen LogP contribution is -2.58. The third-order valence-electron chi connectivity index (χ3n) is 4.60. The number of guanidine groups is 2. The first-order valence-electron chi connectivity index (χ1n) is 7.87. The molecule has 8 heteroatoms. The molecule has 7 nitrogen and oxygen atoms in total. The number of aromatic carboxylic acids is 1. The monoisotopic (exact) mass is 349 g/mol. The third kappa shape index (κ3) is 2.69. The van der Waals surface area contributed by atoms with E-state index in [0.717, 1.165) is 32.1 Å². The molecule has 1 aromatic rings. The molecule has 2 aliphatic rings. The minimum absolute atomic E-state index is 0.121. The van der Waals surface area contributed by atoms with Crippen LogP contribution in [0.4, 0.5) is 5.69 Å². The highest BCUT2D eigenvalue weighted by atomic mass is 35.5. The van der Waals surface area contributed by atoms with Crippen LogP contribution in [0.3, 0.4) is 0 Å². The molecule has 24 heavy (non-hydrogen) atoms. The Balaban J connectivity index is 2.21. The molecule has 5 N–H and O–H groups in total. The molecule has 0 saturated heterocycles. The van der Waals surface area contributed by atoms with Crippen LogP contribution in [0.2, 0.25) is 5.02 Å². The average molecular weight is 350 g/mol. The highest BCUT2D eigenvalue weighted by Gasteiger charge is 2.43. The van der Waals surface area contributed by atoms with E-state index in [-0.39, 0.29) is 17.5 Å². The largest absolute Gasteiger partial charge is 0.478 e. The molecule has 0 aromatic heterocycles. The summed E-state index contributed by atoms with van der Waals surface area (Å²) in [6.07, 6.45) is 4.48. The van der Waals surface area contributed by atoms with Crippen LogP contribution < -0.4 is 16.4 Å². The second kappa shape index (κ2) is 5.98. The lowest BCUT2D eigenvalue weighted by Gasteiger charge is -2.46. The van der Waals surface area contributed by atoms with E-state index in [1.807, 2.05) is 0 Å². The number of carboxylic acids is 1. The molecule has 0 amide bonds. The Hall–Kier alpha value is -2.28. The highest BCUT2D eigenvalue weighted by molar-refractivity contribution is 6.32. The summed E-state index contributed by atoms with van der Waals surface area (Å²) >= 11 is 6.25. The number of benzene rings is 1. The van der Waals surface area contributed by atoms with Crippen molar-refractivity contribution in [3.05, 3.63) is 28.3 Å². The van der Waals surface area contributed by atoms with Crippen LogP contribution in [-0.4, -0.2) is 28.7 Å². The van der Waals surface area contributed by atoms with Gasteiger partial charge < -0.3 is 16.6 Å². The molecule has 1 aliphatic carbocycles. The van der Waals surface area contributed by atoms with Crippen LogP contribution in [0.5, 0.6) is 0 Å². The van der Waals surface area contributed by atoms with Gasteiger partial charge in [-0.3, -0.25) is 4.90 Å². The Morgan fingerprint density at radius 3 is 2.58 bits per heavy atom. The molecule has 128 valence electrons. The maximum atomic E-state index is 11.8. The van der Waals surface area contributed by atoms with E-state index in [9.17, 15) is 9.90 Å². The molecule has 1 spiro atoms. The van der Waals surface area contributed by atoms with Gasteiger partial charge in [0.15, 0.2) is 0 Å². The van der Waals surface area contributed by atoms with Gasteiger partial charge in [0.2, 0.25) is 11.9 Å². The van der Waals surface area contributed by atoms with Gasteiger partial charge in [-0.25, -0.2) is 9.79 Å². The van der Waals surface area contributed by atoms with Crippen molar-refractivity contribution in [2.75, 3.05) is 4.90 Å². The molecule has 1 heterocycles. The van der Waals surface area contributed by atoms with Gasteiger partial charge in [-0.15, -0.1) is 0 Å². The van der Waals surface area contributed by atoms with Gasteiger partial charge in [0.05, 0.1) is 11.3 Å². The van der Waals surface area contributed by atoms with E-state index >= 15 is 0 Å². The molecule has 1 aliphatic heterocycles. The van der Waals surface area contributed by atoms with Crippen LogP contribution in [0.25, 0.3) is 0 Å². The van der Waals surface area contributed by atoms with E-state index in [1.165, 1.54) is 0 Å². The standard InChI is InChI=1S/C16H20ClN5O2/c1-9-7-10(13(23)24)12(8-11(9)17)22-15(19)20-14(18)21-16(22)5-3-2-4-6-16/h7-8H,2-6H2,1H3,(H,23,24)(H4,18,19,20,21). The van der Waals surface area contributed by atoms with E-state index in [4.69, 9.17) is 23.1 Å². The van der Waals surface area contributed by atoms with E-state index in [2.05, 4.69) is 9.98 Å². The SMILES string of the molecule is Cc1cc(C(=O)O)c(N2C(N)=NC(N)=NC23CCCCC3)cc1Cl. The van der Waals surface area contributed by atoms with E-state index in [0.29, 0.717) is 16.3 Å². The molecule has 1 aromatic carbocycles. The molecule has 3 rings (SSSR count). The van der Waals surface area contributed by atoms with Crippen molar-refractivity contribution in [3.8, 4) is 0 Å². The minimum atomic E-state index is -1.05. The molecule has 0 atom stereocenters. The Bertz CT molecular complexity index is 753. The van der Waals surface area contributed by atoms with Gasteiger partial charge in [0.25, 0.3) is 0 Å². The molecule has 1 saturated carbocycles. The Morgan fingerprint density at radius 2 is 1.96 bits per heavy atom. The van der Waals surface area contributed by atoms with E-state index < -0.39 is 11.6 Å². The van der Waals surface area contributed by atoms with Crippen molar-refractivity contribution in [3.63, 3.8) is 0 Å². The van der Waals surface area contributed by atoms with Crippen LogP contribution in [-0.2, 0) is 0 Å². The number of hydrogen-bond donors (Lipinski definition) is 3. The van der Waals surface area contributed by atoms with Gasteiger partial charge in [-0.05, 0) is 50.3 Å². The minimum Gasteiger partial charge on any atom is -0.478 e. The van der Waals surface area contributed by atoms with Gasteiger partial charge in [-0.2, -0.15) is 4.99 Å². The first-order chi connectivity index (χ1) is 11.3. The number of aryl methyl sites for hydroxylation is 1. The zero-order valence-electron chi connectivity index (χ0n) is 13.4. The number of nitrogens with two attached hydrogens (primary N) is 2. The lowest BCUT2D eigenvalue weighted by molar-refractivity contribution is 0.0697. The summed E-state index contributed by atoms with van der Waals surface area (Å²) in [5.74, 6) is -0.779. The number of halogens is 1. The molecular formula is C16H20ClN5O2. The van der Waals surface area contributed by atoms with Crippen LogP contribution in [0, 0.1) is 6.92 Å². The zero-order valence-corrected chi connectivity index (χ0v) is 14.2. The van der Waals surface area contributed by atoms with Crippen LogP contribution in [0.15, 0.2) is 22.1 Å². The summed E-state index contributed by atoms with van der Waals surface area (Å²) in [5, 5.41) is 10.1. The fraction of sp³-hybridized carbons (Fsp3) is 0.438. The summed E-state index contributed by atoms with van der Waals surface area (Å²) in [5.41, 5.74) is 12.5. The molecule has 0 radical (unpaired) electrons. The fourth-order valence-electron chi connectivity index (χ4n) is 3.50. The summed E-state index contributed by atoms with van der Waals surface area (Å²) in [6.45, 7) is 1.76. The van der Waals surface area contributed by atoms with Crippen molar-refractivity contribution in [1.82, 2.24) is 0 Å². The Kier molecular flexibility index (Phi) is 4.13. The Morgan fingerprint density at radius 1 is 1.29 bits per heavy atom. The Labute approximate surface area is 145 Å². The maximum Gasteiger partial charge on any atom is 0.337 e. The fourth-order valence-corrected chi connectivity index (χ4v) is 3.66. The van der Waals surface area contributed by atoms with Gasteiger partial charge in [0.1, 0.15) is 5.66 Å². The molecular weight excluding hydrogens is 330 g/mol. The van der Waals surface area contributed by atoms with Gasteiger partial charge >= 0.3 is 5.97 Å². The first kappa shape index (κ1) is 16.6. The quantitative estimate of drug-likeness (QED) is 0.758. The van der Waals surface area contributed by atoms with Crippen molar-refractivity contribution < 1.29 is 9.90 Å². The average Bonchev–Trinajstić information content (AvgIpc) is 2.50. The first-order valence-corrected chi connectivity index (χ1v) is 8.25. The number of nitrogens with zero attached hydrogens (tertiary/aromatic N) is 3. The number of aliphatic imine (C=N–C) groups is 2. The van der Waals surface area contributed by atoms with Crippen molar-refractivity contribution in [1.29, 1.82) is 0 Å². The third-order valence-corrected chi connectivity index (χ3v) is 5.01. The molecule has 0 unspecified atom stereocenters. The summed E-state index contributed by atoms with van der Waals surface area (Å²) < 4.78 is 0. The van der Waals surface area contributed by atoms with Crippen LogP contribution >= 0.6 is 11.6 Å². The second-order valence-electron chi connectivity index (χ2n) is 6.24. The van der Waals surface area contributed by atoms with Gasteiger partial charge in [0, 0.05) is 5.02 Å². The summed E-state index contributed by atoms with van der Waals surface area (Å²) in [7, 11) is 0. The molecule has 1 fully saturated rings. The number of rotatable bonds is 2. The number of carbonyl (C=O) groups is 1. The number of hydrogen-bond acceptors (Lipinski definition) is 6. The van der Waals surface area contributed by atoms with Gasteiger partial charge in [-0.1, -0.05) is 18.0 Å². The molecule has 0 bridgehead atoms. The number of anilines is 1. The zero-order chi connectivity index (χ0) is 17.5. The van der Waals surface area contributed by atoms with Crippen molar-refractivity contribution in [2.45, 2.75) is 44.7 Å². The predicted molar refractivity (Wildman–Crippen MR) is 94.7 cm³/mol.